The highest BCUT2D eigenvalue weighted by atomic mass is 79.9. The van der Waals surface area contributed by atoms with E-state index in [9.17, 15) is 0 Å². The van der Waals surface area contributed by atoms with Gasteiger partial charge in [0, 0.05) is 17.9 Å². The molecule has 2 aliphatic heterocycles. The van der Waals surface area contributed by atoms with Crippen molar-refractivity contribution >= 4 is 15.9 Å². The molecule has 0 N–H and O–H groups in total. The number of benzene rings is 1. The van der Waals surface area contributed by atoms with Crippen LogP contribution in [-0.2, 0) is 18.9 Å². The molecule has 3 fully saturated rings. The van der Waals surface area contributed by atoms with Gasteiger partial charge >= 0.3 is 0 Å². The van der Waals surface area contributed by atoms with Crippen molar-refractivity contribution in [2.45, 2.75) is 35.0 Å². The van der Waals surface area contributed by atoms with E-state index in [4.69, 9.17) is 18.9 Å². The number of ether oxygens (including phenoxy) is 4. The molecule has 116 valence electrons. The second-order valence-corrected chi connectivity index (χ2v) is 7.66. The molecule has 4 nitrogen and oxygen atoms in total. The van der Waals surface area contributed by atoms with E-state index < -0.39 is 10.1 Å². The molecule has 5 aliphatic rings. The van der Waals surface area contributed by atoms with Crippen LogP contribution in [0.2, 0.25) is 0 Å². The van der Waals surface area contributed by atoms with E-state index >= 15 is 0 Å². The molecule has 22 heavy (non-hydrogen) atoms. The SMILES string of the molecule is Br[C@@]12C=C[C@@H](CC13OCCO3)[C@@H]1O[C@H](c3ccccc3)O[C@@H]12. The number of halogens is 1. The van der Waals surface area contributed by atoms with E-state index in [1.54, 1.807) is 0 Å². The number of alkyl halides is 1. The van der Waals surface area contributed by atoms with Crippen molar-refractivity contribution in [1.82, 2.24) is 0 Å². The summed E-state index contributed by atoms with van der Waals surface area (Å²) in [4.78, 5) is 0. The molecule has 0 radical (unpaired) electrons. The van der Waals surface area contributed by atoms with Crippen LogP contribution in [0.25, 0.3) is 0 Å². The summed E-state index contributed by atoms with van der Waals surface area (Å²) in [5.74, 6) is -0.362. The van der Waals surface area contributed by atoms with Crippen molar-refractivity contribution in [3.63, 3.8) is 0 Å². The van der Waals surface area contributed by atoms with Gasteiger partial charge in [-0.05, 0) is 0 Å². The van der Waals surface area contributed by atoms with Crippen LogP contribution < -0.4 is 0 Å². The molecular formula is C17H17BrO4. The fourth-order valence-electron chi connectivity index (χ4n) is 4.14. The molecule has 0 amide bonds. The zero-order chi connectivity index (χ0) is 14.8. The molecule has 2 heterocycles. The minimum Gasteiger partial charge on any atom is -0.346 e. The zero-order valence-corrected chi connectivity index (χ0v) is 13.6. The molecule has 0 unspecified atom stereocenters. The quantitative estimate of drug-likeness (QED) is 0.567. The van der Waals surface area contributed by atoms with E-state index in [0.717, 1.165) is 12.0 Å². The van der Waals surface area contributed by atoms with E-state index in [2.05, 4.69) is 28.1 Å². The minimum absolute atomic E-state index is 0.0352. The molecule has 2 bridgehead atoms. The lowest BCUT2D eigenvalue weighted by Gasteiger charge is -2.54. The van der Waals surface area contributed by atoms with Gasteiger partial charge in [-0.25, -0.2) is 0 Å². The predicted molar refractivity (Wildman–Crippen MR) is 82.5 cm³/mol. The van der Waals surface area contributed by atoms with Crippen LogP contribution in [0.3, 0.4) is 0 Å². The Morgan fingerprint density at radius 1 is 1.05 bits per heavy atom. The first-order valence-electron chi connectivity index (χ1n) is 7.74. The summed E-state index contributed by atoms with van der Waals surface area (Å²) in [6, 6.07) is 10.1. The van der Waals surface area contributed by atoms with E-state index in [-0.39, 0.29) is 24.4 Å². The summed E-state index contributed by atoms with van der Waals surface area (Å²) >= 11 is 3.88. The molecule has 1 aromatic rings. The molecule has 5 atom stereocenters. The predicted octanol–water partition coefficient (Wildman–Crippen LogP) is 2.94. The maximum Gasteiger partial charge on any atom is 0.190 e. The van der Waals surface area contributed by atoms with Crippen molar-refractivity contribution in [3.8, 4) is 0 Å². The highest BCUT2D eigenvalue weighted by Gasteiger charge is 2.69. The Kier molecular flexibility index (Phi) is 2.89. The lowest BCUT2D eigenvalue weighted by molar-refractivity contribution is -0.224. The molecule has 1 saturated carbocycles. The molecule has 0 aromatic heterocycles. The molecule has 1 spiro atoms. The van der Waals surface area contributed by atoms with Crippen molar-refractivity contribution < 1.29 is 18.9 Å². The molecule has 3 aliphatic carbocycles. The normalized spacial score (nSPS) is 44.6. The average Bonchev–Trinajstić information content (AvgIpc) is 3.19. The van der Waals surface area contributed by atoms with Crippen molar-refractivity contribution in [2.75, 3.05) is 13.2 Å². The molecule has 1 aromatic carbocycles. The van der Waals surface area contributed by atoms with Gasteiger partial charge in [-0.15, -0.1) is 0 Å². The topological polar surface area (TPSA) is 36.9 Å². The largest absolute Gasteiger partial charge is 0.346 e. The Balaban J connectivity index is 1.51. The monoisotopic (exact) mass is 364 g/mol. The lowest BCUT2D eigenvalue weighted by atomic mass is 9.68. The summed E-state index contributed by atoms with van der Waals surface area (Å²) in [5, 5.41) is 0. The second-order valence-electron chi connectivity index (χ2n) is 6.34. The Labute approximate surface area is 137 Å². The summed E-state index contributed by atoms with van der Waals surface area (Å²) in [7, 11) is 0. The first-order chi connectivity index (χ1) is 10.7. The first kappa shape index (κ1) is 13.7. The average molecular weight is 365 g/mol. The molecule has 2 saturated heterocycles. The van der Waals surface area contributed by atoms with E-state index in [1.165, 1.54) is 0 Å². The summed E-state index contributed by atoms with van der Waals surface area (Å²) < 4.78 is 24.1. The van der Waals surface area contributed by atoms with Gasteiger partial charge in [0.05, 0.1) is 19.3 Å². The van der Waals surface area contributed by atoms with E-state index in [0.29, 0.717) is 13.2 Å². The van der Waals surface area contributed by atoms with Gasteiger partial charge in [0.25, 0.3) is 0 Å². The Hall–Kier alpha value is -0.720. The van der Waals surface area contributed by atoms with Crippen LogP contribution in [0, 0.1) is 5.92 Å². The molecular weight excluding hydrogens is 348 g/mol. The third-order valence-corrected chi connectivity index (χ3v) is 6.50. The molecule has 5 heteroatoms. The zero-order valence-electron chi connectivity index (χ0n) is 12.0. The fraction of sp³-hybridized carbons (Fsp3) is 0.529. The Morgan fingerprint density at radius 3 is 2.59 bits per heavy atom. The third kappa shape index (κ3) is 1.66. The second kappa shape index (κ2) is 4.65. The van der Waals surface area contributed by atoms with Gasteiger partial charge in [-0.3, -0.25) is 0 Å². The van der Waals surface area contributed by atoms with Crippen LogP contribution in [0.4, 0.5) is 0 Å². The number of hydrogen-bond acceptors (Lipinski definition) is 4. The standard InChI is InChI=1S/C17H17BrO4/c18-16-7-6-12(10-17(16)19-8-9-20-17)13-14(16)22-15(21-13)11-4-2-1-3-5-11/h1-7,12-15H,8-10H2/t12-,13-,14-,15-,16+/m0/s1. The molecule has 6 rings (SSSR count). The van der Waals surface area contributed by atoms with Crippen molar-refractivity contribution in [1.29, 1.82) is 0 Å². The summed E-state index contributed by atoms with van der Waals surface area (Å²) in [6.45, 7) is 1.27. The van der Waals surface area contributed by atoms with Crippen molar-refractivity contribution in [3.05, 3.63) is 48.0 Å². The fourth-order valence-corrected chi connectivity index (χ4v) is 5.06. The number of rotatable bonds is 1. The third-order valence-electron chi connectivity index (χ3n) is 5.19. The number of hydrogen-bond donors (Lipinski definition) is 0. The van der Waals surface area contributed by atoms with Crippen LogP contribution in [0.1, 0.15) is 18.3 Å². The van der Waals surface area contributed by atoms with Gasteiger partial charge in [0.15, 0.2) is 12.1 Å². The Bertz CT molecular complexity index is 612. The lowest BCUT2D eigenvalue weighted by Crippen LogP contribution is -2.67. The summed E-state index contributed by atoms with van der Waals surface area (Å²) in [6.07, 6.45) is 4.76. The van der Waals surface area contributed by atoms with Crippen LogP contribution in [0.15, 0.2) is 42.5 Å². The highest BCUT2D eigenvalue weighted by molar-refractivity contribution is 9.10. The van der Waals surface area contributed by atoms with Gasteiger partial charge in [-0.2, -0.15) is 0 Å². The van der Waals surface area contributed by atoms with Gasteiger partial charge < -0.3 is 18.9 Å². The highest BCUT2D eigenvalue weighted by Crippen LogP contribution is 2.59. The van der Waals surface area contributed by atoms with Gasteiger partial charge in [0.2, 0.25) is 0 Å². The maximum absolute atomic E-state index is 6.29. The summed E-state index contributed by atoms with van der Waals surface area (Å²) in [5.41, 5.74) is 1.05. The van der Waals surface area contributed by atoms with Crippen LogP contribution in [-0.4, -0.2) is 35.5 Å². The minimum atomic E-state index is -0.622. The smallest absolute Gasteiger partial charge is 0.190 e. The Morgan fingerprint density at radius 2 is 1.82 bits per heavy atom. The van der Waals surface area contributed by atoms with E-state index in [1.807, 2.05) is 30.3 Å². The maximum atomic E-state index is 6.29. The van der Waals surface area contributed by atoms with Crippen molar-refractivity contribution in [2.24, 2.45) is 5.92 Å². The van der Waals surface area contributed by atoms with Gasteiger partial charge in [-0.1, -0.05) is 58.4 Å². The van der Waals surface area contributed by atoms with Gasteiger partial charge in [0.1, 0.15) is 10.4 Å². The first-order valence-corrected chi connectivity index (χ1v) is 8.53. The van der Waals surface area contributed by atoms with Crippen LogP contribution >= 0.6 is 15.9 Å². The van der Waals surface area contributed by atoms with Crippen LogP contribution in [0.5, 0.6) is 0 Å².